The molecular formula is C30H31N3O5. The maximum absolute atomic E-state index is 12.9. The molecule has 0 unspecified atom stereocenters. The van der Waals surface area contributed by atoms with E-state index in [4.69, 9.17) is 8.83 Å². The van der Waals surface area contributed by atoms with Gasteiger partial charge in [-0.3, -0.25) is 14.4 Å². The highest BCUT2D eigenvalue weighted by molar-refractivity contribution is 5.96. The molecule has 0 radical (unpaired) electrons. The first-order valence-electron chi connectivity index (χ1n) is 13.0. The number of furan rings is 2. The number of para-hydroxylation sites is 1. The van der Waals surface area contributed by atoms with Gasteiger partial charge in [-0.15, -0.1) is 0 Å². The number of nitrogens with one attached hydrogen (secondary N) is 3. The Balaban J connectivity index is 1.19. The van der Waals surface area contributed by atoms with E-state index >= 15 is 0 Å². The number of hydrogen-bond acceptors (Lipinski definition) is 5. The summed E-state index contributed by atoms with van der Waals surface area (Å²) in [5, 5.41) is 9.31. The summed E-state index contributed by atoms with van der Waals surface area (Å²) < 4.78 is 11.4. The largest absolute Gasteiger partial charge is 0.451 e. The van der Waals surface area contributed by atoms with Crippen molar-refractivity contribution in [2.45, 2.75) is 44.7 Å². The van der Waals surface area contributed by atoms with E-state index in [9.17, 15) is 14.4 Å². The molecule has 0 spiro atoms. The predicted molar refractivity (Wildman–Crippen MR) is 143 cm³/mol. The maximum atomic E-state index is 12.9. The first-order valence-corrected chi connectivity index (χ1v) is 13.0. The van der Waals surface area contributed by atoms with Crippen molar-refractivity contribution in [2.75, 3.05) is 7.05 Å². The quantitative estimate of drug-likeness (QED) is 0.305. The number of fused-ring (bicyclic) bond motifs is 1. The van der Waals surface area contributed by atoms with Gasteiger partial charge >= 0.3 is 0 Å². The molecule has 1 saturated carbocycles. The first kappa shape index (κ1) is 25.3. The maximum Gasteiger partial charge on any atom is 0.287 e. The van der Waals surface area contributed by atoms with Crippen LogP contribution in [-0.4, -0.2) is 30.8 Å². The van der Waals surface area contributed by atoms with Crippen molar-refractivity contribution in [1.82, 2.24) is 16.0 Å². The summed E-state index contributed by atoms with van der Waals surface area (Å²) >= 11 is 0. The summed E-state index contributed by atoms with van der Waals surface area (Å²) in [7, 11) is 1.59. The second-order valence-corrected chi connectivity index (χ2v) is 9.66. The van der Waals surface area contributed by atoms with Crippen molar-refractivity contribution >= 4 is 28.7 Å². The lowest BCUT2D eigenvalue weighted by molar-refractivity contribution is -0.124. The molecule has 8 heteroatoms. The molecule has 38 heavy (non-hydrogen) atoms. The lowest BCUT2D eigenvalue weighted by atomic mass is 9.83. The second kappa shape index (κ2) is 11.4. The first-order chi connectivity index (χ1) is 18.5. The smallest absolute Gasteiger partial charge is 0.287 e. The molecule has 1 aliphatic carbocycles. The molecule has 1 fully saturated rings. The van der Waals surface area contributed by atoms with Crippen LogP contribution in [0.2, 0.25) is 0 Å². The van der Waals surface area contributed by atoms with E-state index in [-0.39, 0.29) is 29.3 Å². The zero-order chi connectivity index (χ0) is 26.5. The highest BCUT2D eigenvalue weighted by Crippen LogP contribution is 2.28. The van der Waals surface area contributed by atoms with Crippen LogP contribution < -0.4 is 16.0 Å². The summed E-state index contributed by atoms with van der Waals surface area (Å²) in [5.74, 6) is 0.234. The van der Waals surface area contributed by atoms with Gasteiger partial charge in [-0.1, -0.05) is 61.7 Å². The van der Waals surface area contributed by atoms with Crippen molar-refractivity contribution in [3.63, 3.8) is 0 Å². The van der Waals surface area contributed by atoms with E-state index in [2.05, 4.69) is 16.0 Å². The van der Waals surface area contributed by atoms with Gasteiger partial charge in [-0.2, -0.15) is 0 Å². The molecule has 0 bridgehead atoms. The molecule has 2 aromatic carbocycles. The van der Waals surface area contributed by atoms with E-state index in [0.717, 1.165) is 42.2 Å². The highest BCUT2D eigenvalue weighted by Gasteiger charge is 2.31. The lowest BCUT2D eigenvalue weighted by Gasteiger charge is -2.29. The van der Waals surface area contributed by atoms with Crippen LogP contribution in [0.15, 0.2) is 75.6 Å². The number of hydrogen-bond donors (Lipinski definition) is 3. The molecule has 5 rings (SSSR count). The molecule has 2 aromatic heterocycles. The van der Waals surface area contributed by atoms with Crippen LogP contribution >= 0.6 is 0 Å². The van der Waals surface area contributed by atoms with Crippen molar-refractivity contribution in [3.8, 4) is 11.3 Å². The Kier molecular flexibility index (Phi) is 7.58. The fourth-order valence-electron chi connectivity index (χ4n) is 5.00. The summed E-state index contributed by atoms with van der Waals surface area (Å²) in [6.45, 7) is 0.337. The molecule has 3 N–H and O–H groups in total. The fraction of sp³-hybridized carbons (Fsp3) is 0.300. The molecule has 0 aliphatic heterocycles. The molecular weight excluding hydrogens is 482 g/mol. The van der Waals surface area contributed by atoms with Gasteiger partial charge < -0.3 is 24.8 Å². The molecule has 1 aliphatic rings. The lowest BCUT2D eigenvalue weighted by Crippen LogP contribution is -2.50. The Morgan fingerprint density at radius 2 is 1.63 bits per heavy atom. The Morgan fingerprint density at radius 3 is 2.37 bits per heavy atom. The third-order valence-electron chi connectivity index (χ3n) is 7.11. The molecule has 8 nitrogen and oxygen atoms in total. The van der Waals surface area contributed by atoms with E-state index in [0.29, 0.717) is 17.9 Å². The van der Waals surface area contributed by atoms with Crippen molar-refractivity contribution < 1.29 is 23.2 Å². The van der Waals surface area contributed by atoms with Crippen molar-refractivity contribution in [2.24, 2.45) is 5.92 Å². The molecule has 3 amide bonds. The monoisotopic (exact) mass is 513 g/mol. The average Bonchev–Trinajstić information content (AvgIpc) is 3.63. The third kappa shape index (κ3) is 5.64. The Morgan fingerprint density at radius 1 is 0.868 bits per heavy atom. The second-order valence-electron chi connectivity index (χ2n) is 9.66. The number of carbonyl (C=O) groups excluding carboxylic acids is 3. The molecule has 2 heterocycles. The zero-order valence-electron chi connectivity index (χ0n) is 21.3. The van der Waals surface area contributed by atoms with Crippen LogP contribution in [0.25, 0.3) is 22.3 Å². The summed E-state index contributed by atoms with van der Waals surface area (Å²) in [6.07, 6.45) is 5.15. The predicted octanol–water partition coefficient (Wildman–Crippen LogP) is 5.05. The minimum absolute atomic E-state index is 0.127. The van der Waals surface area contributed by atoms with Crippen LogP contribution in [0, 0.1) is 5.92 Å². The number of amides is 3. The van der Waals surface area contributed by atoms with Gasteiger partial charge in [0.05, 0.1) is 0 Å². The Labute approximate surface area is 220 Å². The SMILES string of the molecule is CNC(=O)[C@@H](NC(=O)c1ccc(-c2ccc(CNC(=O)c3cc4ccccc4o3)cc2)o1)C1CCCCC1. The topological polar surface area (TPSA) is 114 Å². The van der Waals surface area contributed by atoms with Gasteiger partial charge in [0.25, 0.3) is 11.8 Å². The van der Waals surface area contributed by atoms with Gasteiger partial charge in [-0.25, -0.2) is 0 Å². The van der Waals surface area contributed by atoms with E-state index in [1.54, 1.807) is 25.2 Å². The summed E-state index contributed by atoms with van der Waals surface area (Å²) in [6, 6.07) is 19.5. The summed E-state index contributed by atoms with van der Waals surface area (Å²) in [4.78, 5) is 37.9. The van der Waals surface area contributed by atoms with Crippen LogP contribution in [0.3, 0.4) is 0 Å². The third-order valence-corrected chi connectivity index (χ3v) is 7.11. The van der Waals surface area contributed by atoms with E-state index in [1.165, 1.54) is 6.42 Å². The number of benzene rings is 2. The van der Waals surface area contributed by atoms with Gasteiger partial charge in [0.15, 0.2) is 11.5 Å². The molecule has 196 valence electrons. The van der Waals surface area contributed by atoms with Crippen molar-refractivity contribution in [1.29, 1.82) is 0 Å². The van der Waals surface area contributed by atoms with Crippen molar-refractivity contribution in [3.05, 3.63) is 83.8 Å². The van der Waals surface area contributed by atoms with Crippen LogP contribution in [0.5, 0.6) is 0 Å². The van der Waals surface area contributed by atoms with Gasteiger partial charge in [0.1, 0.15) is 17.4 Å². The van der Waals surface area contributed by atoms with Gasteiger partial charge in [0, 0.05) is 24.5 Å². The number of likely N-dealkylation sites (N-methyl/N-ethyl adjacent to an activating group) is 1. The van der Waals surface area contributed by atoms with E-state index < -0.39 is 11.9 Å². The standard InChI is InChI=1S/C30H31N3O5/c1-31-30(36)27(21-7-3-2-4-8-21)33-29(35)25-16-15-24(37-25)20-13-11-19(12-14-20)18-32-28(34)26-17-22-9-5-6-10-23(22)38-26/h5-6,9-17,21,27H,2-4,7-8,18H2,1H3,(H,31,36)(H,32,34)(H,33,35)/t27-/m0/s1. The normalized spacial score (nSPS) is 14.7. The highest BCUT2D eigenvalue weighted by atomic mass is 16.4. The van der Waals surface area contributed by atoms with Crippen LogP contribution in [0.4, 0.5) is 0 Å². The average molecular weight is 514 g/mol. The minimum atomic E-state index is -0.574. The molecule has 4 aromatic rings. The Hall–Kier alpha value is -4.33. The molecule has 0 saturated heterocycles. The zero-order valence-corrected chi connectivity index (χ0v) is 21.3. The Bertz CT molecular complexity index is 1400. The van der Waals surface area contributed by atoms with Gasteiger partial charge in [-0.05, 0) is 48.6 Å². The summed E-state index contributed by atoms with van der Waals surface area (Å²) in [5.41, 5.74) is 2.38. The molecule has 1 atom stereocenters. The van der Waals surface area contributed by atoms with E-state index in [1.807, 2.05) is 48.5 Å². The fourth-order valence-corrected chi connectivity index (χ4v) is 5.00. The van der Waals surface area contributed by atoms with Gasteiger partial charge in [0.2, 0.25) is 5.91 Å². The van der Waals surface area contributed by atoms with Crippen LogP contribution in [-0.2, 0) is 11.3 Å². The van der Waals surface area contributed by atoms with Crippen LogP contribution in [0.1, 0.15) is 58.8 Å². The number of rotatable bonds is 8. The number of carbonyl (C=O) groups is 3. The minimum Gasteiger partial charge on any atom is -0.451 e.